The fraction of sp³-hybridized carbons (Fsp3) is 0.353. The number of carbonyl (C=O) groups is 1. The van der Waals surface area contributed by atoms with Crippen LogP contribution < -0.4 is 10.9 Å². The molecule has 5 nitrogen and oxygen atoms in total. The molecule has 0 spiro atoms. The zero-order chi connectivity index (χ0) is 17.0. The van der Waals surface area contributed by atoms with Gasteiger partial charge in [-0.15, -0.1) is 0 Å². The highest BCUT2D eigenvalue weighted by atomic mass is 32.2. The lowest BCUT2D eigenvalue weighted by atomic mass is 10.1. The average molecular weight is 331 g/mol. The maximum absolute atomic E-state index is 12.1. The van der Waals surface area contributed by atoms with Gasteiger partial charge in [-0.1, -0.05) is 43.8 Å². The topological polar surface area (TPSA) is 74.8 Å². The standard InChI is InChI=1S/C17H21N3O2S/c1-10(2)13-8-14(21)20-17(18-13)23-9-15(22)19-16-11(3)6-5-7-12(16)4/h5-8,10H,9H2,1-4H3,(H,19,22)(H,18,20,21). The third-order valence-corrected chi connectivity index (χ3v) is 4.29. The fourth-order valence-corrected chi connectivity index (χ4v) is 2.82. The first-order valence-corrected chi connectivity index (χ1v) is 8.45. The number of para-hydroxylation sites is 1. The Balaban J connectivity index is 2.04. The summed E-state index contributed by atoms with van der Waals surface area (Å²) in [5.41, 5.74) is 3.43. The number of thioether (sulfide) groups is 1. The number of rotatable bonds is 5. The summed E-state index contributed by atoms with van der Waals surface area (Å²) in [6.45, 7) is 7.87. The summed E-state index contributed by atoms with van der Waals surface area (Å²) in [5.74, 6) is 0.239. The van der Waals surface area contributed by atoms with Crippen molar-refractivity contribution in [2.45, 2.75) is 38.8 Å². The Kier molecular flexibility index (Phi) is 5.60. The molecule has 0 aliphatic rings. The second-order valence-corrected chi connectivity index (χ2v) is 6.70. The predicted octanol–water partition coefficient (Wildman–Crippen LogP) is 3.24. The van der Waals surface area contributed by atoms with Crippen molar-refractivity contribution in [3.05, 3.63) is 51.4 Å². The molecular formula is C17H21N3O2S. The molecule has 0 radical (unpaired) electrons. The highest BCUT2D eigenvalue weighted by molar-refractivity contribution is 7.99. The second-order valence-electron chi connectivity index (χ2n) is 5.73. The van der Waals surface area contributed by atoms with E-state index in [0.717, 1.165) is 22.5 Å². The Labute approximate surface area is 139 Å². The van der Waals surface area contributed by atoms with E-state index in [2.05, 4.69) is 15.3 Å². The summed E-state index contributed by atoms with van der Waals surface area (Å²) in [7, 11) is 0. The van der Waals surface area contributed by atoms with E-state index in [0.29, 0.717) is 5.16 Å². The van der Waals surface area contributed by atoms with Gasteiger partial charge in [-0.25, -0.2) is 4.98 Å². The minimum absolute atomic E-state index is 0.120. The van der Waals surface area contributed by atoms with E-state index in [4.69, 9.17) is 0 Å². The number of nitrogens with zero attached hydrogens (tertiary/aromatic N) is 1. The van der Waals surface area contributed by atoms with Gasteiger partial charge in [0.05, 0.1) is 11.4 Å². The Morgan fingerprint density at radius 1 is 1.30 bits per heavy atom. The number of nitrogens with one attached hydrogen (secondary N) is 2. The third-order valence-electron chi connectivity index (χ3n) is 3.42. The van der Waals surface area contributed by atoms with Crippen LogP contribution in [0.2, 0.25) is 0 Å². The quantitative estimate of drug-likeness (QED) is 0.651. The molecule has 0 saturated heterocycles. The molecule has 2 N–H and O–H groups in total. The number of anilines is 1. The predicted molar refractivity (Wildman–Crippen MR) is 94.2 cm³/mol. The molecule has 0 unspecified atom stereocenters. The fourth-order valence-electron chi connectivity index (χ4n) is 2.14. The summed E-state index contributed by atoms with van der Waals surface area (Å²) < 4.78 is 0. The van der Waals surface area contributed by atoms with Gasteiger partial charge in [0.15, 0.2) is 5.16 Å². The lowest BCUT2D eigenvalue weighted by molar-refractivity contribution is -0.113. The first-order chi connectivity index (χ1) is 10.9. The number of H-pyrrole nitrogens is 1. The molecule has 23 heavy (non-hydrogen) atoms. The van der Waals surface area contributed by atoms with Crippen LogP contribution in [0.1, 0.15) is 36.6 Å². The first-order valence-electron chi connectivity index (χ1n) is 7.47. The number of aryl methyl sites for hydroxylation is 2. The van der Waals surface area contributed by atoms with Gasteiger partial charge in [-0.05, 0) is 30.9 Å². The summed E-state index contributed by atoms with van der Waals surface area (Å²) in [6.07, 6.45) is 0. The molecule has 1 aromatic carbocycles. The Bertz CT molecular complexity index is 748. The molecule has 0 atom stereocenters. The maximum atomic E-state index is 12.1. The number of aromatic amines is 1. The SMILES string of the molecule is Cc1cccc(C)c1NC(=O)CSc1nc(C(C)C)cc(=O)[nH]1. The number of hydrogen-bond donors (Lipinski definition) is 2. The minimum Gasteiger partial charge on any atom is -0.325 e. The molecule has 0 fully saturated rings. The van der Waals surface area contributed by atoms with E-state index in [1.54, 1.807) is 0 Å². The van der Waals surface area contributed by atoms with Crippen molar-refractivity contribution in [3.63, 3.8) is 0 Å². The molecule has 0 aliphatic heterocycles. The van der Waals surface area contributed by atoms with Crippen molar-refractivity contribution in [2.24, 2.45) is 0 Å². The molecule has 0 bridgehead atoms. The van der Waals surface area contributed by atoms with Crippen LogP contribution >= 0.6 is 11.8 Å². The zero-order valence-corrected chi connectivity index (χ0v) is 14.6. The summed E-state index contributed by atoms with van der Waals surface area (Å²) >= 11 is 1.23. The molecule has 6 heteroatoms. The highest BCUT2D eigenvalue weighted by Crippen LogP contribution is 2.20. The molecule has 1 aromatic heterocycles. The van der Waals surface area contributed by atoms with Crippen molar-refractivity contribution in [1.82, 2.24) is 9.97 Å². The van der Waals surface area contributed by atoms with Crippen LogP contribution in [0.25, 0.3) is 0 Å². The van der Waals surface area contributed by atoms with Crippen molar-refractivity contribution in [3.8, 4) is 0 Å². The second kappa shape index (κ2) is 7.46. The third kappa shape index (κ3) is 4.69. The van der Waals surface area contributed by atoms with E-state index in [1.807, 2.05) is 45.9 Å². The van der Waals surface area contributed by atoms with Crippen molar-refractivity contribution >= 4 is 23.4 Å². The average Bonchev–Trinajstić information content (AvgIpc) is 2.48. The maximum Gasteiger partial charge on any atom is 0.251 e. The Morgan fingerprint density at radius 3 is 2.57 bits per heavy atom. The van der Waals surface area contributed by atoms with E-state index in [9.17, 15) is 9.59 Å². The molecule has 1 heterocycles. The number of benzene rings is 1. The van der Waals surface area contributed by atoms with Gasteiger partial charge in [-0.2, -0.15) is 0 Å². The molecule has 122 valence electrons. The van der Waals surface area contributed by atoms with Crippen molar-refractivity contribution in [2.75, 3.05) is 11.1 Å². The normalized spacial score (nSPS) is 10.8. The highest BCUT2D eigenvalue weighted by Gasteiger charge is 2.10. The van der Waals surface area contributed by atoms with E-state index >= 15 is 0 Å². The monoisotopic (exact) mass is 331 g/mol. The first kappa shape index (κ1) is 17.3. The number of amides is 1. The van der Waals surface area contributed by atoms with Gasteiger partial charge in [-0.3, -0.25) is 9.59 Å². The number of aromatic nitrogens is 2. The van der Waals surface area contributed by atoms with E-state index in [1.165, 1.54) is 17.8 Å². The van der Waals surface area contributed by atoms with Gasteiger partial charge in [0.25, 0.3) is 5.56 Å². The summed E-state index contributed by atoms with van der Waals surface area (Å²) in [5, 5.41) is 3.39. The smallest absolute Gasteiger partial charge is 0.251 e. The molecule has 1 amide bonds. The van der Waals surface area contributed by atoms with Crippen LogP contribution in [-0.4, -0.2) is 21.6 Å². The van der Waals surface area contributed by atoms with Crippen LogP contribution in [0.3, 0.4) is 0 Å². The molecule has 0 saturated carbocycles. The number of hydrogen-bond acceptors (Lipinski definition) is 4. The minimum atomic E-state index is -0.193. The zero-order valence-electron chi connectivity index (χ0n) is 13.8. The van der Waals surface area contributed by atoms with Crippen LogP contribution in [0.5, 0.6) is 0 Å². The Morgan fingerprint density at radius 2 is 1.96 bits per heavy atom. The largest absolute Gasteiger partial charge is 0.325 e. The van der Waals surface area contributed by atoms with Crippen molar-refractivity contribution < 1.29 is 4.79 Å². The van der Waals surface area contributed by atoms with Crippen LogP contribution in [-0.2, 0) is 4.79 Å². The van der Waals surface area contributed by atoms with Gasteiger partial charge < -0.3 is 10.3 Å². The summed E-state index contributed by atoms with van der Waals surface area (Å²) in [6, 6.07) is 7.37. The van der Waals surface area contributed by atoms with Gasteiger partial charge in [0, 0.05) is 11.8 Å². The van der Waals surface area contributed by atoms with E-state index < -0.39 is 0 Å². The van der Waals surface area contributed by atoms with Gasteiger partial charge in [0.2, 0.25) is 5.91 Å². The van der Waals surface area contributed by atoms with Gasteiger partial charge in [0.1, 0.15) is 0 Å². The van der Waals surface area contributed by atoms with Crippen LogP contribution in [0, 0.1) is 13.8 Å². The van der Waals surface area contributed by atoms with E-state index in [-0.39, 0.29) is 23.1 Å². The number of carbonyl (C=O) groups excluding carboxylic acids is 1. The van der Waals surface area contributed by atoms with Crippen LogP contribution in [0.4, 0.5) is 5.69 Å². The molecule has 2 rings (SSSR count). The molecule has 0 aliphatic carbocycles. The lowest BCUT2D eigenvalue weighted by Crippen LogP contribution is -2.17. The van der Waals surface area contributed by atoms with Gasteiger partial charge >= 0.3 is 0 Å². The van der Waals surface area contributed by atoms with Crippen LogP contribution in [0.15, 0.2) is 34.2 Å². The Hall–Kier alpha value is -2.08. The lowest BCUT2D eigenvalue weighted by Gasteiger charge is -2.11. The summed E-state index contributed by atoms with van der Waals surface area (Å²) in [4.78, 5) is 30.8. The molecular weight excluding hydrogens is 310 g/mol. The molecule has 2 aromatic rings. The van der Waals surface area contributed by atoms with Crippen molar-refractivity contribution in [1.29, 1.82) is 0 Å².